The number of furan rings is 1. The van der Waals surface area contributed by atoms with Crippen molar-refractivity contribution in [2.24, 2.45) is 0 Å². The lowest BCUT2D eigenvalue weighted by Gasteiger charge is -2.27. The molecule has 8 heteroatoms. The number of pyridine rings is 1. The first-order valence-corrected chi connectivity index (χ1v) is 10.8. The van der Waals surface area contributed by atoms with Gasteiger partial charge in [-0.2, -0.15) is 0 Å². The van der Waals surface area contributed by atoms with Gasteiger partial charge in [0.15, 0.2) is 11.5 Å². The SMILES string of the molecule is COc1ccccc1N1C(=O)C(O)=C(C(=O)c2cc3cc(Br)ccc3o2)C1c1ccncc1. The second kappa shape index (κ2) is 8.22. The van der Waals surface area contributed by atoms with Gasteiger partial charge in [0.1, 0.15) is 11.3 Å². The van der Waals surface area contributed by atoms with Crippen molar-refractivity contribution in [3.8, 4) is 5.75 Å². The van der Waals surface area contributed by atoms with E-state index in [1.165, 1.54) is 12.0 Å². The Morgan fingerprint density at radius 2 is 1.88 bits per heavy atom. The van der Waals surface area contributed by atoms with Crippen molar-refractivity contribution >= 4 is 44.3 Å². The maximum atomic E-state index is 13.6. The number of rotatable bonds is 5. The summed E-state index contributed by atoms with van der Waals surface area (Å²) in [5.41, 5.74) is 1.48. The van der Waals surface area contributed by atoms with Gasteiger partial charge in [0.25, 0.3) is 5.91 Å². The van der Waals surface area contributed by atoms with Crippen molar-refractivity contribution in [2.45, 2.75) is 6.04 Å². The number of benzene rings is 2. The zero-order chi connectivity index (χ0) is 23.1. The number of nitrogens with zero attached hydrogens (tertiary/aromatic N) is 2. The van der Waals surface area contributed by atoms with Crippen LogP contribution in [-0.2, 0) is 4.79 Å². The Balaban J connectivity index is 1.67. The third-order valence-electron chi connectivity index (χ3n) is 5.52. The predicted octanol–water partition coefficient (Wildman–Crippen LogP) is 5.38. The molecule has 0 fully saturated rings. The van der Waals surface area contributed by atoms with Crippen LogP contribution in [0.2, 0.25) is 0 Å². The minimum atomic E-state index is -0.899. The highest BCUT2D eigenvalue weighted by molar-refractivity contribution is 9.10. The van der Waals surface area contributed by atoms with Gasteiger partial charge >= 0.3 is 0 Å². The largest absolute Gasteiger partial charge is 0.503 e. The highest BCUT2D eigenvalue weighted by Gasteiger charge is 2.46. The molecule has 2 aromatic heterocycles. The number of carbonyl (C=O) groups excluding carboxylic acids is 2. The van der Waals surface area contributed by atoms with Crippen LogP contribution in [0.15, 0.2) is 93.3 Å². The number of carbonyl (C=O) groups is 2. The Morgan fingerprint density at radius 1 is 1.12 bits per heavy atom. The van der Waals surface area contributed by atoms with Gasteiger partial charge in [-0.3, -0.25) is 19.5 Å². The first-order valence-electron chi connectivity index (χ1n) is 10.0. The third kappa shape index (κ3) is 3.48. The van der Waals surface area contributed by atoms with Crippen molar-refractivity contribution in [3.63, 3.8) is 0 Å². The number of anilines is 1. The Bertz CT molecular complexity index is 1430. The molecule has 4 aromatic rings. The van der Waals surface area contributed by atoms with Gasteiger partial charge in [0.05, 0.1) is 24.4 Å². The van der Waals surface area contributed by atoms with E-state index in [-0.39, 0.29) is 11.3 Å². The summed E-state index contributed by atoms with van der Waals surface area (Å²) in [6, 6.07) is 16.4. The van der Waals surface area contributed by atoms with Gasteiger partial charge in [-0.25, -0.2) is 0 Å². The number of methoxy groups -OCH3 is 1. The van der Waals surface area contributed by atoms with Gasteiger partial charge in [0, 0.05) is 22.3 Å². The normalized spacial score (nSPS) is 16.0. The molecule has 0 aliphatic carbocycles. The molecule has 1 unspecified atom stereocenters. The number of ketones is 1. The van der Waals surface area contributed by atoms with Crippen molar-refractivity contribution in [2.75, 3.05) is 12.0 Å². The summed E-state index contributed by atoms with van der Waals surface area (Å²) in [5.74, 6) is -1.45. The monoisotopic (exact) mass is 504 g/mol. The summed E-state index contributed by atoms with van der Waals surface area (Å²) in [4.78, 5) is 32.3. The second-order valence-electron chi connectivity index (χ2n) is 7.41. The van der Waals surface area contributed by atoms with Crippen LogP contribution < -0.4 is 9.64 Å². The fourth-order valence-corrected chi connectivity index (χ4v) is 4.41. The van der Waals surface area contributed by atoms with Crippen LogP contribution >= 0.6 is 15.9 Å². The molecule has 0 saturated carbocycles. The number of hydrogen-bond donors (Lipinski definition) is 1. The molecule has 1 aliphatic rings. The number of aromatic nitrogens is 1. The molecular formula is C25H17BrN2O5. The molecule has 2 aromatic carbocycles. The van der Waals surface area contributed by atoms with Gasteiger partial charge < -0.3 is 14.3 Å². The summed E-state index contributed by atoms with van der Waals surface area (Å²) >= 11 is 3.40. The highest BCUT2D eigenvalue weighted by Crippen LogP contribution is 2.44. The quantitative estimate of drug-likeness (QED) is 0.366. The van der Waals surface area contributed by atoms with Crippen molar-refractivity contribution in [1.82, 2.24) is 4.98 Å². The third-order valence-corrected chi connectivity index (χ3v) is 6.01. The first-order chi connectivity index (χ1) is 16.0. The molecule has 0 radical (unpaired) electrons. The number of amides is 1. The first kappa shape index (κ1) is 21.0. The van der Waals surface area contributed by atoms with E-state index in [1.807, 2.05) is 6.07 Å². The van der Waals surface area contributed by atoms with Gasteiger partial charge in [0.2, 0.25) is 5.78 Å². The van der Waals surface area contributed by atoms with Crippen LogP contribution in [0, 0.1) is 0 Å². The molecule has 0 spiro atoms. The zero-order valence-corrected chi connectivity index (χ0v) is 18.9. The van der Waals surface area contributed by atoms with Gasteiger partial charge in [-0.1, -0.05) is 28.1 Å². The zero-order valence-electron chi connectivity index (χ0n) is 17.4. The number of fused-ring (bicyclic) bond motifs is 1. The number of halogens is 1. The van der Waals surface area contributed by atoms with Crippen LogP contribution in [0.4, 0.5) is 5.69 Å². The van der Waals surface area contributed by atoms with Crippen LogP contribution in [0.5, 0.6) is 5.75 Å². The lowest BCUT2D eigenvalue weighted by Crippen LogP contribution is -2.31. The van der Waals surface area contributed by atoms with Crippen LogP contribution in [0.1, 0.15) is 22.2 Å². The Hall–Kier alpha value is -3.91. The predicted molar refractivity (Wildman–Crippen MR) is 125 cm³/mol. The van der Waals surface area contributed by atoms with E-state index >= 15 is 0 Å². The number of para-hydroxylation sites is 2. The number of aliphatic hydroxyl groups is 1. The van der Waals surface area contributed by atoms with E-state index in [1.54, 1.807) is 67.0 Å². The molecule has 7 nitrogen and oxygen atoms in total. The summed E-state index contributed by atoms with van der Waals surface area (Å²) in [6.07, 6.45) is 3.13. The van der Waals surface area contributed by atoms with E-state index < -0.39 is 23.5 Å². The molecule has 0 bridgehead atoms. The smallest absolute Gasteiger partial charge is 0.294 e. The van der Waals surface area contributed by atoms with E-state index in [0.29, 0.717) is 22.6 Å². The number of hydrogen-bond acceptors (Lipinski definition) is 6. The van der Waals surface area contributed by atoms with Crippen molar-refractivity contribution in [3.05, 3.63) is 100 Å². The fraction of sp³-hybridized carbons (Fsp3) is 0.0800. The van der Waals surface area contributed by atoms with E-state index in [9.17, 15) is 14.7 Å². The summed E-state index contributed by atoms with van der Waals surface area (Å²) in [7, 11) is 1.49. The fourth-order valence-electron chi connectivity index (χ4n) is 4.03. The standard InChI is InChI=1S/C25H17BrN2O5/c1-32-19-5-3-2-4-17(19)28-22(14-8-10-27-11-9-14)21(24(30)25(28)31)23(29)20-13-15-12-16(26)6-7-18(15)33-20/h2-13,22,30H,1H3. The number of aliphatic hydroxyl groups excluding tert-OH is 1. The molecule has 164 valence electrons. The number of ether oxygens (including phenoxy) is 1. The topological polar surface area (TPSA) is 92.9 Å². The minimum Gasteiger partial charge on any atom is -0.503 e. The molecule has 3 heterocycles. The van der Waals surface area contributed by atoms with E-state index in [2.05, 4.69) is 20.9 Å². The molecule has 1 atom stereocenters. The second-order valence-corrected chi connectivity index (χ2v) is 8.33. The molecule has 0 saturated heterocycles. The minimum absolute atomic E-state index is 0.0263. The molecule has 1 aliphatic heterocycles. The average molecular weight is 505 g/mol. The Labute approximate surface area is 197 Å². The maximum Gasteiger partial charge on any atom is 0.294 e. The number of Topliss-reactive ketones (excluding diaryl/α,β-unsaturated/α-hetero) is 1. The van der Waals surface area contributed by atoms with Crippen LogP contribution in [-0.4, -0.2) is 28.9 Å². The summed E-state index contributed by atoms with van der Waals surface area (Å²) in [6.45, 7) is 0. The van der Waals surface area contributed by atoms with E-state index in [4.69, 9.17) is 9.15 Å². The van der Waals surface area contributed by atoms with Crippen LogP contribution in [0.3, 0.4) is 0 Å². The summed E-state index contributed by atoms with van der Waals surface area (Å²) in [5, 5.41) is 11.6. The van der Waals surface area contributed by atoms with Crippen LogP contribution in [0.25, 0.3) is 11.0 Å². The summed E-state index contributed by atoms with van der Waals surface area (Å²) < 4.78 is 12.0. The van der Waals surface area contributed by atoms with Gasteiger partial charge in [-0.05, 0) is 54.1 Å². The van der Waals surface area contributed by atoms with Crippen molar-refractivity contribution in [1.29, 1.82) is 0 Å². The Kier molecular flexibility index (Phi) is 5.22. The highest BCUT2D eigenvalue weighted by atomic mass is 79.9. The van der Waals surface area contributed by atoms with Crippen molar-refractivity contribution < 1.29 is 23.8 Å². The van der Waals surface area contributed by atoms with Gasteiger partial charge in [-0.15, -0.1) is 0 Å². The Morgan fingerprint density at radius 3 is 2.64 bits per heavy atom. The van der Waals surface area contributed by atoms with E-state index in [0.717, 1.165) is 9.86 Å². The molecule has 5 rings (SSSR count). The average Bonchev–Trinajstić information content (AvgIpc) is 3.37. The molecule has 1 amide bonds. The molecular weight excluding hydrogens is 488 g/mol. The molecule has 1 N–H and O–H groups in total. The maximum absolute atomic E-state index is 13.6. The molecule has 33 heavy (non-hydrogen) atoms. The lowest BCUT2D eigenvalue weighted by atomic mass is 9.95. The lowest BCUT2D eigenvalue weighted by molar-refractivity contribution is -0.117.